The molecule has 0 aliphatic heterocycles. The first-order valence-electron chi connectivity index (χ1n) is 36.7. The van der Waals surface area contributed by atoms with E-state index < -0.39 is 23.9 Å². The van der Waals surface area contributed by atoms with Crippen LogP contribution in [-0.2, 0) is 45.4 Å². The van der Waals surface area contributed by atoms with Crippen LogP contribution in [0.3, 0.4) is 0 Å². The molecule has 0 N–H and O–H groups in total. The summed E-state index contributed by atoms with van der Waals surface area (Å²) in [4.78, 5) is 73.9. The fourth-order valence-corrected chi connectivity index (χ4v) is 14.3. The van der Waals surface area contributed by atoms with Crippen LogP contribution in [0.15, 0.2) is 328 Å². The molecule has 114 heavy (non-hydrogen) atoms. The first kappa shape index (κ1) is 71.0. The van der Waals surface area contributed by atoms with Crippen LogP contribution < -0.4 is 0 Å². The van der Waals surface area contributed by atoms with Gasteiger partial charge in [-0.2, -0.15) is 15.8 Å². The average Bonchev–Trinajstić information content (AvgIpc) is 1.58. The average molecular weight is 1480 g/mol. The smallest absolute Gasteiger partial charge is 0.338 e. The zero-order valence-corrected chi connectivity index (χ0v) is 60.8. The summed E-state index contributed by atoms with van der Waals surface area (Å²) in [7, 11) is 0. The van der Waals surface area contributed by atoms with Crippen molar-refractivity contribution in [3.63, 3.8) is 0 Å². The van der Waals surface area contributed by atoms with Crippen LogP contribution in [0.2, 0.25) is 0 Å². The quantitative estimate of drug-likeness (QED) is 0.0511. The first-order valence-corrected chi connectivity index (χ1v) is 36.7. The molecule has 14 aromatic carbocycles. The minimum Gasteiger partial charge on any atom is -0.457 e. The van der Waals surface area contributed by atoms with Gasteiger partial charge in [-0.3, -0.25) is 0 Å². The molecule has 16 heteroatoms. The lowest BCUT2D eigenvalue weighted by Crippen LogP contribution is -2.07. The summed E-state index contributed by atoms with van der Waals surface area (Å²) in [6.45, 7) is 0.112. The van der Waals surface area contributed by atoms with Gasteiger partial charge in [0.25, 0.3) is 0 Å². The van der Waals surface area contributed by atoms with Crippen molar-refractivity contribution in [2.24, 2.45) is 0 Å². The molecule has 0 unspecified atom stereocenters. The third-order valence-electron chi connectivity index (χ3n) is 20.0. The molecule has 0 fully saturated rings. The zero-order chi connectivity index (χ0) is 77.6. The van der Waals surface area contributed by atoms with E-state index in [2.05, 4.69) is 18.2 Å². The minimum atomic E-state index is -0.564. The molecule has 0 aliphatic carbocycles. The van der Waals surface area contributed by atoms with Gasteiger partial charge in [0.05, 0.1) is 90.6 Å². The van der Waals surface area contributed by atoms with E-state index in [9.17, 15) is 35.0 Å². The highest BCUT2D eigenvalue weighted by Gasteiger charge is 2.27. The van der Waals surface area contributed by atoms with Gasteiger partial charge in [-0.15, -0.1) is 0 Å². The second-order valence-corrected chi connectivity index (χ2v) is 27.3. The Kier molecular flexibility index (Phi) is 19.5. The molecule has 0 amide bonds. The second-order valence-electron chi connectivity index (χ2n) is 27.3. The van der Waals surface area contributed by atoms with Crippen molar-refractivity contribution in [2.45, 2.75) is 26.4 Å². The number of benzene rings is 14. The standard InChI is InChI=1S/C98H62N8O8/c99-55-66-24-13-27-71(46-66)69-30-32-70(33-31-69)92-102-93(80-40-34-74(72-28-14-25-67(47-72)56-100)53-90(80)105-86-42-36-76(95(107)111-58-62-16-5-1-6-17-62)49-82(86)83-50-77(37-43-87(83)105)96(108)112-59-63-18-7-2-8-19-63)104-94(103-92)81-41-35-75(73-29-15-26-68(48-73)57-101)54-91(81)106-88-44-38-78(97(109)113-60-64-20-9-3-10-21-64)51-84(88)85-52-79(39-45-89(85)106)98(110)114-61-65-22-11-4-12-23-65/h1-54H,58-61H2. The van der Waals surface area contributed by atoms with Crippen LogP contribution in [0.5, 0.6) is 0 Å². The highest BCUT2D eigenvalue weighted by molar-refractivity contribution is 6.15. The Morgan fingerprint density at radius 3 is 0.842 bits per heavy atom. The lowest BCUT2D eigenvalue weighted by Gasteiger charge is -2.18. The van der Waals surface area contributed by atoms with Crippen LogP contribution >= 0.6 is 0 Å². The van der Waals surface area contributed by atoms with E-state index in [1.807, 2.05) is 270 Å². The second kappa shape index (κ2) is 31.3. The molecule has 542 valence electrons. The summed E-state index contributed by atoms with van der Waals surface area (Å²) in [6.07, 6.45) is 0. The number of hydrogen-bond acceptors (Lipinski definition) is 14. The van der Waals surface area contributed by atoms with E-state index in [1.54, 1.807) is 66.7 Å². The molecule has 3 aromatic heterocycles. The van der Waals surface area contributed by atoms with E-state index in [-0.39, 0.29) is 66.2 Å². The summed E-state index contributed by atoms with van der Waals surface area (Å²) in [5.74, 6) is -1.57. The Morgan fingerprint density at radius 1 is 0.263 bits per heavy atom. The molecule has 0 saturated heterocycles. The molecule has 0 saturated carbocycles. The number of carbonyl (C=O) groups is 4. The molecule has 3 heterocycles. The number of esters is 4. The normalized spacial score (nSPS) is 11.1. The van der Waals surface area contributed by atoms with Gasteiger partial charge >= 0.3 is 23.9 Å². The summed E-state index contributed by atoms with van der Waals surface area (Å²) in [6, 6.07) is 107. The number of aromatic nitrogens is 5. The van der Waals surface area contributed by atoms with Crippen LogP contribution in [0.1, 0.15) is 80.4 Å². The third-order valence-corrected chi connectivity index (χ3v) is 20.0. The highest BCUT2D eigenvalue weighted by atomic mass is 16.5. The van der Waals surface area contributed by atoms with E-state index in [0.29, 0.717) is 88.4 Å². The van der Waals surface area contributed by atoms with Gasteiger partial charge in [-0.25, -0.2) is 34.1 Å². The van der Waals surface area contributed by atoms with Gasteiger partial charge in [0, 0.05) is 38.2 Å². The van der Waals surface area contributed by atoms with Crippen molar-refractivity contribution in [1.82, 2.24) is 24.1 Å². The van der Waals surface area contributed by atoms with Gasteiger partial charge in [0.15, 0.2) is 17.5 Å². The summed E-state index contributed by atoms with van der Waals surface area (Å²) in [5, 5.41) is 33.0. The Hall–Kier alpha value is -16.0. The fraction of sp³-hybridized carbons (Fsp3) is 0.0408. The van der Waals surface area contributed by atoms with Gasteiger partial charge < -0.3 is 28.1 Å². The van der Waals surface area contributed by atoms with E-state index in [1.165, 1.54) is 0 Å². The molecule has 0 bridgehead atoms. The summed E-state index contributed by atoms with van der Waals surface area (Å²) >= 11 is 0. The zero-order valence-electron chi connectivity index (χ0n) is 60.8. The largest absolute Gasteiger partial charge is 0.457 e. The van der Waals surface area contributed by atoms with Crippen molar-refractivity contribution in [3.8, 4) is 97.1 Å². The van der Waals surface area contributed by atoms with Crippen molar-refractivity contribution in [2.75, 3.05) is 0 Å². The predicted molar refractivity (Wildman–Crippen MR) is 438 cm³/mol. The number of ether oxygens (including phenoxy) is 4. The maximum Gasteiger partial charge on any atom is 0.338 e. The molecule has 0 radical (unpaired) electrons. The van der Waals surface area contributed by atoms with Crippen molar-refractivity contribution >= 4 is 67.5 Å². The number of nitrogens with zero attached hydrogens (tertiary/aromatic N) is 8. The maximum absolute atomic E-state index is 14.3. The minimum absolute atomic E-state index is 0.0280. The topological polar surface area (TPSA) is 225 Å². The van der Waals surface area contributed by atoms with E-state index in [4.69, 9.17) is 33.9 Å². The van der Waals surface area contributed by atoms with Crippen LogP contribution in [0.25, 0.3) is 123 Å². The number of hydrogen-bond donors (Lipinski definition) is 0. The Bertz CT molecular complexity index is 6220. The van der Waals surface area contributed by atoms with Gasteiger partial charge in [-0.1, -0.05) is 194 Å². The highest BCUT2D eigenvalue weighted by Crippen LogP contribution is 2.43. The SMILES string of the molecule is N#Cc1cccc(-c2ccc(-c3nc(-c4ccc(-c5cccc(C#N)c5)cc4-n4c5ccc(C(=O)OCc6ccccc6)cc5c5cc(C(=O)OCc6ccccc6)ccc54)nc(-c4ccc(-c5cccc(C#N)c5)cc4-n4c5ccc(C(=O)OCc6ccccc6)cc5c5cc(C(=O)OCc6ccccc6)ccc54)n3)cc2)c1. The number of carbonyl (C=O) groups excluding carboxylic acids is 4. The van der Waals surface area contributed by atoms with Gasteiger partial charge in [0.1, 0.15) is 26.4 Å². The number of nitriles is 3. The van der Waals surface area contributed by atoms with E-state index in [0.717, 1.165) is 55.6 Å². The van der Waals surface area contributed by atoms with Crippen molar-refractivity contribution in [3.05, 3.63) is 389 Å². The van der Waals surface area contributed by atoms with Gasteiger partial charge in [-0.05, 0) is 189 Å². The summed E-state index contributed by atoms with van der Waals surface area (Å²) in [5.41, 5.74) is 15.4. The molecule has 0 spiro atoms. The third kappa shape index (κ3) is 14.6. The molecule has 0 atom stereocenters. The van der Waals surface area contributed by atoms with Crippen molar-refractivity contribution < 1.29 is 38.1 Å². The van der Waals surface area contributed by atoms with Crippen LogP contribution in [0.4, 0.5) is 0 Å². The molecular weight excluding hydrogens is 1420 g/mol. The number of fused-ring (bicyclic) bond motifs is 6. The lowest BCUT2D eigenvalue weighted by molar-refractivity contribution is 0.0464. The van der Waals surface area contributed by atoms with Crippen molar-refractivity contribution in [1.29, 1.82) is 15.8 Å². The summed E-state index contributed by atoms with van der Waals surface area (Å²) < 4.78 is 27.9. The maximum atomic E-state index is 14.3. The number of rotatable bonds is 20. The monoisotopic (exact) mass is 1480 g/mol. The molecule has 0 aliphatic rings. The van der Waals surface area contributed by atoms with E-state index >= 15 is 0 Å². The molecule has 16 nitrogen and oxygen atoms in total. The molecule has 17 aromatic rings. The van der Waals surface area contributed by atoms with Crippen LogP contribution in [-0.4, -0.2) is 48.0 Å². The first-order chi connectivity index (χ1) is 56.0. The predicted octanol–water partition coefficient (Wildman–Crippen LogP) is 21.1. The van der Waals surface area contributed by atoms with Crippen LogP contribution in [0, 0.1) is 34.0 Å². The van der Waals surface area contributed by atoms with Gasteiger partial charge in [0.2, 0.25) is 0 Å². The Labute approximate surface area is 654 Å². The Morgan fingerprint density at radius 2 is 0.535 bits per heavy atom. The fourth-order valence-electron chi connectivity index (χ4n) is 14.3. The lowest BCUT2D eigenvalue weighted by atomic mass is 9.99. The Balaban J connectivity index is 0.902. The molecular formula is C98H62N8O8. The molecule has 17 rings (SSSR count).